The molecule has 0 saturated carbocycles. The van der Waals surface area contributed by atoms with E-state index in [9.17, 15) is 14.7 Å². The molecule has 0 aromatic rings. The first-order chi connectivity index (χ1) is 8.86. The van der Waals surface area contributed by atoms with Crippen LogP contribution in [0.4, 0.5) is 0 Å². The van der Waals surface area contributed by atoms with E-state index in [1.165, 1.54) is 0 Å². The molecule has 0 saturated heterocycles. The maximum atomic E-state index is 11.2. The summed E-state index contributed by atoms with van der Waals surface area (Å²) >= 11 is 0. The zero-order valence-electron chi connectivity index (χ0n) is 11.8. The fourth-order valence-corrected chi connectivity index (χ4v) is 2.21. The Morgan fingerprint density at radius 1 is 1.11 bits per heavy atom. The number of carbonyl (C=O) groups is 2. The molecule has 0 amide bonds. The lowest BCUT2D eigenvalue weighted by Crippen LogP contribution is -2.19. The monoisotopic (exact) mass is 274 g/mol. The third-order valence-electron chi connectivity index (χ3n) is 3.48. The quantitative estimate of drug-likeness (QED) is 0.538. The third kappa shape index (κ3) is 9.47. The van der Waals surface area contributed by atoms with Crippen molar-refractivity contribution in [3.05, 3.63) is 0 Å². The Labute approximate surface area is 114 Å². The molecule has 0 fully saturated rings. The molecule has 0 radical (unpaired) electrons. The van der Waals surface area contributed by atoms with Crippen LogP contribution in [0.2, 0.25) is 0 Å². The number of hydrogen-bond acceptors (Lipinski definition) is 3. The first-order valence-electron chi connectivity index (χ1n) is 6.99. The number of rotatable bonds is 11. The lowest BCUT2D eigenvalue weighted by Gasteiger charge is -2.20. The van der Waals surface area contributed by atoms with Crippen molar-refractivity contribution in [1.82, 2.24) is 0 Å². The van der Waals surface area contributed by atoms with Gasteiger partial charge in [0.15, 0.2) is 0 Å². The van der Waals surface area contributed by atoms with Crippen LogP contribution in [-0.2, 0) is 9.59 Å². The van der Waals surface area contributed by atoms with Gasteiger partial charge in [0.2, 0.25) is 0 Å². The summed E-state index contributed by atoms with van der Waals surface area (Å²) in [6.07, 6.45) is 3.43. The van der Waals surface area contributed by atoms with E-state index in [1.54, 1.807) is 6.92 Å². The number of aliphatic hydroxyl groups is 1. The Balaban J connectivity index is 4.21. The fraction of sp³-hybridized carbons (Fsp3) is 0.857. The zero-order valence-corrected chi connectivity index (χ0v) is 11.8. The molecular formula is C14H26O5. The Kier molecular flexibility index (Phi) is 9.21. The summed E-state index contributed by atoms with van der Waals surface area (Å²) in [5.74, 6) is -1.93. The Hall–Kier alpha value is -1.10. The van der Waals surface area contributed by atoms with Gasteiger partial charge in [-0.25, -0.2) is 0 Å². The second-order valence-corrected chi connectivity index (χ2v) is 5.26. The van der Waals surface area contributed by atoms with Gasteiger partial charge in [0.05, 0.1) is 12.0 Å². The van der Waals surface area contributed by atoms with Gasteiger partial charge in [0.25, 0.3) is 0 Å². The average Bonchev–Trinajstić information content (AvgIpc) is 2.31. The molecule has 0 aromatic heterocycles. The molecule has 5 nitrogen and oxygen atoms in total. The molecule has 0 heterocycles. The average molecular weight is 274 g/mol. The summed E-state index contributed by atoms with van der Waals surface area (Å²) in [4.78, 5) is 21.6. The fourth-order valence-electron chi connectivity index (χ4n) is 2.21. The number of carboxylic acid groups (broad SMARTS) is 2. The third-order valence-corrected chi connectivity index (χ3v) is 3.48. The topological polar surface area (TPSA) is 94.8 Å². The van der Waals surface area contributed by atoms with E-state index >= 15 is 0 Å². The lowest BCUT2D eigenvalue weighted by atomic mass is 9.86. The maximum Gasteiger partial charge on any atom is 0.306 e. The van der Waals surface area contributed by atoms with E-state index in [0.29, 0.717) is 25.7 Å². The summed E-state index contributed by atoms with van der Waals surface area (Å²) < 4.78 is 0. The summed E-state index contributed by atoms with van der Waals surface area (Å²) in [5.41, 5.74) is 0. The van der Waals surface area contributed by atoms with Crippen molar-refractivity contribution >= 4 is 11.9 Å². The molecule has 0 spiro atoms. The van der Waals surface area contributed by atoms with Crippen LogP contribution in [0.3, 0.4) is 0 Å². The predicted molar refractivity (Wildman–Crippen MR) is 71.9 cm³/mol. The molecule has 5 heteroatoms. The van der Waals surface area contributed by atoms with Gasteiger partial charge in [-0.15, -0.1) is 0 Å². The van der Waals surface area contributed by atoms with Crippen LogP contribution in [0.15, 0.2) is 0 Å². The van der Waals surface area contributed by atoms with Crippen LogP contribution in [0.5, 0.6) is 0 Å². The minimum Gasteiger partial charge on any atom is -0.481 e. The predicted octanol–water partition coefficient (Wildman–Crippen LogP) is 2.52. The highest BCUT2D eigenvalue weighted by molar-refractivity contribution is 5.70. The smallest absolute Gasteiger partial charge is 0.306 e. The molecule has 0 rings (SSSR count). The Morgan fingerprint density at radius 2 is 1.74 bits per heavy atom. The molecule has 3 unspecified atom stereocenters. The van der Waals surface area contributed by atoms with Crippen molar-refractivity contribution in [3.63, 3.8) is 0 Å². The van der Waals surface area contributed by atoms with Crippen molar-refractivity contribution in [2.75, 3.05) is 0 Å². The number of aliphatic carboxylic acids is 2. The van der Waals surface area contributed by atoms with Crippen molar-refractivity contribution < 1.29 is 24.9 Å². The van der Waals surface area contributed by atoms with Gasteiger partial charge in [-0.05, 0) is 44.9 Å². The normalized spacial score (nSPS) is 15.7. The molecule has 0 aromatic carbocycles. The van der Waals surface area contributed by atoms with Crippen molar-refractivity contribution in [2.45, 2.75) is 64.9 Å². The van der Waals surface area contributed by atoms with Gasteiger partial charge >= 0.3 is 11.9 Å². The maximum absolute atomic E-state index is 11.2. The van der Waals surface area contributed by atoms with E-state index in [0.717, 1.165) is 12.8 Å². The number of aliphatic hydroxyl groups excluding tert-OH is 1. The first kappa shape index (κ1) is 17.9. The standard InChI is InChI=1S/C14H26O5/c1-3-11(8-7-10(2)15)9-12(14(18)19)5-4-6-13(16)17/h10-12,15H,3-9H2,1-2H3,(H,16,17)(H,18,19). The lowest BCUT2D eigenvalue weighted by molar-refractivity contribution is -0.143. The van der Waals surface area contributed by atoms with E-state index < -0.39 is 17.9 Å². The zero-order chi connectivity index (χ0) is 14.8. The van der Waals surface area contributed by atoms with E-state index in [2.05, 4.69) is 0 Å². The highest BCUT2D eigenvalue weighted by Gasteiger charge is 2.22. The molecule has 19 heavy (non-hydrogen) atoms. The van der Waals surface area contributed by atoms with Crippen LogP contribution in [0.1, 0.15) is 58.8 Å². The van der Waals surface area contributed by atoms with Gasteiger partial charge in [-0.1, -0.05) is 13.3 Å². The van der Waals surface area contributed by atoms with E-state index in [4.69, 9.17) is 10.2 Å². The van der Waals surface area contributed by atoms with Crippen LogP contribution < -0.4 is 0 Å². The summed E-state index contributed by atoms with van der Waals surface area (Å²) in [5, 5.41) is 27.0. The highest BCUT2D eigenvalue weighted by Crippen LogP contribution is 2.25. The van der Waals surface area contributed by atoms with Gasteiger partial charge in [-0.3, -0.25) is 9.59 Å². The highest BCUT2D eigenvalue weighted by atomic mass is 16.4. The molecule has 0 aliphatic heterocycles. The van der Waals surface area contributed by atoms with Gasteiger partial charge in [0, 0.05) is 6.42 Å². The molecule has 112 valence electrons. The Bertz CT molecular complexity index is 275. The molecule has 0 aliphatic rings. The Morgan fingerprint density at radius 3 is 2.16 bits per heavy atom. The van der Waals surface area contributed by atoms with E-state index in [1.807, 2.05) is 6.92 Å². The molecule has 0 aliphatic carbocycles. The molecule has 3 N–H and O–H groups in total. The van der Waals surface area contributed by atoms with Crippen LogP contribution in [0.25, 0.3) is 0 Å². The van der Waals surface area contributed by atoms with Crippen LogP contribution >= 0.6 is 0 Å². The van der Waals surface area contributed by atoms with Gasteiger partial charge in [0.1, 0.15) is 0 Å². The second kappa shape index (κ2) is 9.78. The second-order valence-electron chi connectivity index (χ2n) is 5.26. The molecular weight excluding hydrogens is 248 g/mol. The summed E-state index contributed by atoms with van der Waals surface area (Å²) in [6, 6.07) is 0. The van der Waals surface area contributed by atoms with Gasteiger partial charge in [-0.2, -0.15) is 0 Å². The minimum atomic E-state index is -0.884. The summed E-state index contributed by atoms with van der Waals surface area (Å²) in [7, 11) is 0. The SMILES string of the molecule is CCC(CCC(C)O)CC(CCCC(=O)O)C(=O)O. The van der Waals surface area contributed by atoms with Crippen molar-refractivity contribution in [3.8, 4) is 0 Å². The van der Waals surface area contributed by atoms with Crippen LogP contribution in [-0.4, -0.2) is 33.4 Å². The number of hydrogen-bond donors (Lipinski definition) is 3. The van der Waals surface area contributed by atoms with Crippen LogP contribution in [0, 0.1) is 11.8 Å². The summed E-state index contributed by atoms with van der Waals surface area (Å²) in [6.45, 7) is 3.75. The van der Waals surface area contributed by atoms with Gasteiger partial charge < -0.3 is 15.3 Å². The van der Waals surface area contributed by atoms with Crippen molar-refractivity contribution in [1.29, 1.82) is 0 Å². The first-order valence-corrected chi connectivity index (χ1v) is 6.99. The molecule has 0 bridgehead atoms. The minimum absolute atomic E-state index is 0.0221. The van der Waals surface area contributed by atoms with E-state index in [-0.39, 0.29) is 18.4 Å². The molecule has 3 atom stereocenters. The van der Waals surface area contributed by atoms with Crippen molar-refractivity contribution in [2.24, 2.45) is 11.8 Å². The number of carboxylic acids is 2. The largest absolute Gasteiger partial charge is 0.481 e.